The Balaban J connectivity index is 2.63. The molecule has 0 bridgehead atoms. The Morgan fingerprint density at radius 3 is 2.52 bits per heavy atom. The quantitative estimate of drug-likeness (QED) is 0.837. The number of rotatable bonds is 3. The minimum atomic E-state index is -4.98. The van der Waals surface area contributed by atoms with E-state index in [9.17, 15) is 17.6 Å². The van der Waals surface area contributed by atoms with Gasteiger partial charge in [-0.3, -0.25) is 4.98 Å². The fourth-order valence-corrected chi connectivity index (χ4v) is 2.25. The third-order valence-corrected chi connectivity index (χ3v) is 3.27. The summed E-state index contributed by atoms with van der Waals surface area (Å²) in [6.07, 6.45) is -3.58. The molecule has 0 aliphatic carbocycles. The van der Waals surface area contributed by atoms with Crippen LogP contribution in [0.25, 0.3) is 11.3 Å². The second-order valence-electron chi connectivity index (χ2n) is 4.00. The molecule has 0 fully saturated rings. The van der Waals surface area contributed by atoms with Crippen molar-refractivity contribution in [1.82, 2.24) is 4.98 Å². The minimum absolute atomic E-state index is 0.0540. The van der Waals surface area contributed by atoms with Crippen LogP contribution in [0.3, 0.4) is 0 Å². The van der Waals surface area contributed by atoms with Crippen LogP contribution < -0.4 is 10.5 Å². The molecule has 2 aromatic rings. The van der Waals surface area contributed by atoms with Crippen LogP contribution in [0.15, 0.2) is 34.9 Å². The standard InChI is InChI=1S/C13H9BrF4N2O/c14-8-2-1-5-20-12(8)10-7(6-19)3-4-9(11(10)15)21-13(16,17)18/h1-5H,6,19H2. The molecule has 0 aliphatic heterocycles. The number of aromatic nitrogens is 1. The predicted octanol–water partition coefficient (Wildman–Crippen LogP) is 4.01. The van der Waals surface area contributed by atoms with Crippen molar-refractivity contribution in [2.45, 2.75) is 12.9 Å². The molecule has 0 atom stereocenters. The van der Waals surface area contributed by atoms with E-state index in [1.807, 2.05) is 0 Å². The van der Waals surface area contributed by atoms with Gasteiger partial charge < -0.3 is 10.5 Å². The summed E-state index contributed by atoms with van der Waals surface area (Å²) in [5, 5.41) is 0. The van der Waals surface area contributed by atoms with Crippen LogP contribution in [-0.2, 0) is 6.54 Å². The maximum Gasteiger partial charge on any atom is 0.573 e. The molecule has 0 amide bonds. The van der Waals surface area contributed by atoms with Crippen molar-refractivity contribution < 1.29 is 22.3 Å². The van der Waals surface area contributed by atoms with E-state index in [0.29, 0.717) is 10.0 Å². The second-order valence-corrected chi connectivity index (χ2v) is 4.85. The number of nitrogens with two attached hydrogens (primary N) is 1. The van der Waals surface area contributed by atoms with Gasteiger partial charge >= 0.3 is 6.36 Å². The molecule has 8 heteroatoms. The average Bonchev–Trinajstić information content (AvgIpc) is 2.40. The average molecular weight is 365 g/mol. The van der Waals surface area contributed by atoms with Crippen LogP contribution in [-0.4, -0.2) is 11.3 Å². The first-order valence-electron chi connectivity index (χ1n) is 5.71. The fourth-order valence-electron chi connectivity index (χ4n) is 1.80. The minimum Gasteiger partial charge on any atom is -0.403 e. The monoisotopic (exact) mass is 364 g/mol. The van der Waals surface area contributed by atoms with Gasteiger partial charge in [0.05, 0.1) is 5.69 Å². The van der Waals surface area contributed by atoms with E-state index < -0.39 is 17.9 Å². The van der Waals surface area contributed by atoms with Crippen molar-refractivity contribution in [1.29, 1.82) is 0 Å². The summed E-state index contributed by atoms with van der Waals surface area (Å²) in [6, 6.07) is 5.37. The zero-order chi connectivity index (χ0) is 15.6. The summed E-state index contributed by atoms with van der Waals surface area (Å²) in [5.41, 5.74) is 5.87. The molecule has 2 rings (SSSR count). The van der Waals surface area contributed by atoms with E-state index in [-0.39, 0.29) is 17.8 Å². The van der Waals surface area contributed by atoms with E-state index in [4.69, 9.17) is 5.73 Å². The summed E-state index contributed by atoms with van der Waals surface area (Å²) in [6.45, 7) is -0.0540. The van der Waals surface area contributed by atoms with E-state index >= 15 is 0 Å². The summed E-state index contributed by atoms with van der Waals surface area (Å²) < 4.78 is 55.3. The smallest absolute Gasteiger partial charge is 0.403 e. The van der Waals surface area contributed by atoms with Gasteiger partial charge in [-0.25, -0.2) is 4.39 Å². The van der Waals surface area contributed by atoms with E-state index in [2.05, 4.69) is 25.7 Å². The largest absolute Gasteiger partial charge is 0.573 e. The number of alkyl halides is 3. The molecule has 0 aliphatic rings. The normalized spacial score (nSPS) is 11.5. The Kier molecular flexibility index (Phi) is 4.48. The molecule has 0 spiro atoms. The Morgan fingerprint density at radius 2 is 1.95 bits per heavy atom. The lowest BCUT2D eigenvalue weighted by atomic mass is 10.0. The van der Waals surface area contributed by atoms with Gasteiger partial charge in [0, 0.05) is 22.8 Å². The van der Waals surface area contributed by atoms with Gasteiger partial charge in [-0.05, 0) is 39.7 Å². The van der Waals surface area contributed by atoms with E-state index in [0.717, 1.165) is 6.07 Å². The van der Waals surface area contributed by atoms with Crippen LogP contribution in [0.2, 0.25) is 0 Å². The fraction of sp³-hybridized carbons (Fsp3) is 0.154. The zero-order valence-electron chi connectivity index (χ0n) is 10.4. The van der Waals surface area contributed by atoms with Crippen molar-refractivity contribution >= 4 is 15.9 Å². The Morgan fingerprint density at radius 1 is 1.24 bits per heavy atom. The molecule has 21 heavy (non-hydrogen) atoms. The lowest BCUT2D eigenvalue weighted by Gasteiger charge is -2.15. The molecule has 0 saturated heterocycles. The van der Waals surface area contributed by atoms with Crippen LogP contribution in [0.5, 0.6) is 5.75 Å². The van der Waals surface area contributed by atoms with Gasteiger partial charge in [0.1, 0.15) is 0 Å². The highest BCUT2D eigenvalue weighted by Gasteiger charge is 2.33. The van der Waals surface area contributed by atoms with Gasteiger partial charge in [-0.15, -0.1) is 13.2 Å². The molecule has 0 unspecified atom stereocenters. The molecule has 1 aromatic carbocycles. The third kappa shape index (κ3) is 3.51. The maximum atomic E-state index is 14.4. The number of hydrogen-bond acceptors (Lipinski definition) is 3. The third-order valence-electron chi connectivity index (χ3n) is 2.63. The van der Waals surface area contributed by atoms with Gasteiger partial charge in [0.2, 0.25) is 0 Å². The van der Waals surface area contributed by atoms with Crippen molar-refractivity contribution in [3.05, 3.63) is 46.3 Å². The van der Waals surface area contributed by atoms with Crippen molar-refractivity contribution in [3.63, 3.8) is 0 Å². The van der Waals surface area contributed by atoms with Crippen molar-refractivity contribution in [2.24, 2.45) is 5.73 Å². The van der Waals surface area contributed by atoms with Crippen LogP contribution >= 0.6 is 15.9 Å². The molecular weight excluding hydrogens is 356 g/mol. The van der Waals surface area contributed by atoms with Gasteiger partial charge in [0.15, 0.2) is 11.6 Å². The summed E-state index contributed by atoms with van der Waals surface area (Å²) in [5.74, 6) is -2.08. The van der Waals surface area contributed by atoms with Crippen molar-refractivity contribution in [3.8, 4) is 17.0 Å². The lowest BCUT2D eigenvalue weighted by molar-refractivity contribution is -0.275. The first kappa shape index (κ1) is 15.7. The van der Waals surface area contributed by atoms with Gasteiger partial charge in [-0.1, -0.05) is 6.07 Å². The van der Waals surface area contributed by atoms with E-state index in [1.54, 1.807) is 12.1 Å². The zero-order valence-corrected chi connectivity index (χ0v) is 12.0. The van der Waals surface area contributed by atoms with Crippen LogP contribution in [0, 0.1) is 5.82 Å². The molecule has 112 valence electrons. The molecule has 1 heterocycles. The molecule has 0 radical (unpaired) electrons. The summed E-state index contributed by atoms with van der Waals surface area (Å²) >= 11 is 3.18. The number of hydrogen-bond donors (Lipinski definition) is 1. The summed E-state index contributed by atoms with van der Waals surface area (Å²) in [4.78, 5) is 3.98. The number of benzene rings is 1. The number of nitrogens with zero attached hydrogens (tertiary/aromatic N) is 1. The molecule has 1 aromatic heterocycles. The topological polar surface area (TPSA) is 48.1 Å². The van der Waals surface area contributed by atoms with Crippen LogP contribution in [0.1, 0.15) is 5.56 Å². The Labute approximate surface area is 125 Å². The number of pyridine rings is 1. The summed E-state index contributed by atoms with van der Waals surface area (Å²) in [7, 11) is 0. The first-order valence-corrected chi connectivity index (χ1v) is 6.51. The molecule has 0 saturated carbocycles. The van der Waals surface area contributed by atoms with Gasteiger partial charge in [-0.2, -0.15) is 0 Å². The predicted molar refractivity (Wildman–Crippen MR) is 71.9 cm³/mol. The maximum absolute atomic E-state index is 14.4. The lowest BCUT2D eigenvalue weighted by Crippen LogP contribution is -2.18. The highest BCUT2D eigenvalue weighted by Crippen LogP contribution is 2.36. The second kappa shape index (κ2) is 5.98. The number of halogens is 5. The highest BCUT2D eigenvalue weighted by atomic mass is 79.9. The van der Waals surface area contributed by atoms with E-state index in [1.165, 1.54) is 12.3 Å². The highest BCUT2D eigenvalue weighted by molar-refractivity contribution is 9.10. The first-order chi connectivity index (χ1) is 9.83. The van der Waals surface area contributed by atoms with Crippen molar-refractivity contribution in [2.75, 3.05) is 0 Å². The molecule has 2 N–H and O–H groups in total. The Bertz CT molecular complexity index is 661. The van der Waals surface area contributed by atoms with Gasteiger partial charge in [0.25, 0.3) is 0 Å². The molecule has 3 nitrogen and oxygen atoms in total. The Hall–Kier alpha value is -1.67. The van der Waals surface area contributed by atoms with Crippen LogP contribution in [0.4, 0.5) is 17.6 Å². The SMILES string of the molecule is NCc1ccc(OC(F)(F)F)c(F)c1-c1ncccc1Br. The molecular formula is C13H9BrF4N2O. The number of ether oxygens (including phenoxy) is 1.